The summed E-state index contributed by atoms with van der Waals surface area (Å²) in [5, 5.41) is 2.81. The molecule has 0 spiro atoms. The van der Waals surface area contributed by atoms with Crippen molar-refractivity contribution in [3.05, 3.63) is 60.9 Å². The van der Waals surface area contributed by atoms with Crippen molar-refractivity contribution in [2.75, 3.05) is 7.11 Å². The minimum Gasteiger partial charge on any atom is -0.497 e. The Morgan fingerprint density at radius 3 is 2.71 bits per heavy atom. The Morgan fingerprint density at radius 1 is 1.18 bits per heavy atom. The molecule has 3 aromatic heterocycles. The van der Waals surface area contributed by atoms with Crippen molar-refractivity contribution in [1.82, 2.24) is 23.7 Å². The number of ether oxygens (including phenoxy) is 1. The summed E-state index contributed by atoms with van der Waals surface area (Å²) in [6.07, 6.45) is 0. The van der Waals surface area contributed by atoms with Crippen molar-refractivity contribution in [3.8, 4) is 16.3 Å². The Labute approximate surface area is 171 Å². The van der Waals surface area contributed by atoms with E-state index in [9.17, 15) is 9.59 Å². The van der Waals surface area contributed by atoms with Crippen molar-refractivity contribution in [2.45, 2.75) is 6.54 Å². The van der Waals surface area contributed by atoms with E-state index in [0.29, 0.717) is 16.9 Å². The van der Waals surface area contributed by atoms with E-state index in [0.717, 1.165) is 26.6 Å². The zero-order valence-corrected chi connectivity index (χ0v) is 17.7. The molecule has 1 aromatic carbocycles. The summed E-state index contributed by atoms with van der Waals surface area (Å²) in [7, 11) is 4.69. The van der Waals surface area contributed by atoms with E-state index in [1.54, 1.807) is 18.7 Å². The molecule has 8 nitrogen and oxygen atoms in total. The Morgan fingerprint density at radius 2 is 1.96 bits per heavy atom. The van der Waals surface area contributed by atoms with Gasteiger partial charge in [-0.25, -0.2) is 14.8 Å². The van der Waals surface area contributed by atoms with Crippen LogP contribution in [0.3, 0.4) is 0 Å². The number of benzene rings is 1. The SMILES string of the molecule is COc1cccc(-c2nc(Cn3c(Br)nc4c(=O)n(C)c(=O)n(C)c43)cs2)c1. The second-order valence-corrected chi connectivity index (χ2v) is 7.79. The molecule has 0 atom stereocenters. The van der Waals surface area contributed by atoms with Crippen LogP contribution in [0, 0.1) is 0 Å². The number of imidazole rings is 1. The second kappa shape index (κ2) is 7.02. The molecule has 144 valence electrons. The molecule has 4 aromatic rings. The van der Waals surface area contributed by atoms with Crippen LogP contribution in [0.4, 0.5) is 0 Å². The number of thiazole rings is 1. The second-order valence-electron chi connectivity index (χ2n) is 6.22. The Bertz CT molecular complexity index is 1320. The van der Waals surface area contributed by atoms with Gasteiger partial charge in [0.2, 0.25) is 0 Å². The lowest BCUT2D eigenvalue weighted by molar-refractivity contribution is 0.415. The Kier molecular flexibility index (Phi) is 4.68. The van der Waals surface area contributed by atoms with Gasteiger partial charge in [-0.3, -0.25) is 18.5 Å². The fourth-order valence-electron chi connectivity index (χ4n) is 3.03. The third-order valence-corrected chi connectivity index (χ3v) is 6.03. The van der Waals surface area contributed by atoms with Gasteiger partial charge in [-0.1, -0.05) is 12.1 Å². The number of halogens is 1. The standard InChI is InChI=1S/C18H16BrN5O3S/c1-22-15-13(16(25)23(2)18(22)26)21-17(19)24(15)8-11-9-28-14(20-11)10-5-4-6-12(7-10)27-3/h4-7,9H,8H2,1-3H3. The number of fused-ring (bicyclic) bond motifs is 1. The average molecular weight is 462 g/mol. The maximum atomic E-state index is 12.4. The molecule has 0 unspecified atom stereocenters. The molecule has 0 saturated heterocycles. The lowest BCUT2D eigenvalue weighted by Crippen LogP contribution is -2.37. The minimum absolute atomic E-state index is 0.236. The molecule has 28 heavy (non-hydrogen) atoms. The van der Waals surface area contributed by atoms with Gasteiger partial charge in [0.25, 0.3) is 5.56 Å². The number of hydrogen-bond donors (Lipinski definition) is 0. The van der Waals surface area contributed by atoms with E-state index in [1.807, 2.05) is 29.6 Å². The van der Waals surface area contributed by atoms with Crippen LogP contribution in [0.25, 0.3) is 21.7 Å². The molecule has 0 N–H and O–H groups in total. The molecule has 0 bridgehead atoms. The Hall–Kier alpha value is -2.72. The number of hydrogen-bond acceptors (Lipinski definition) is 6. The largest absolute Gasteiger partial charge is 0.497 e. The van der Waals surface area contributed by atoms with Gasteiger partial charge in [-0.2, -0.15) is 0 Å². The first-order valence-electron chi connectivity index (χ1n) is 8.31. The molecule has 4 rings (SSSR count). The van der Waals surface area contributed by atoms with Gasteiger partial charge < -0.3 is 4.74 Å². The monoisotopic (exact) mass is 461 g/mol. The molecular formula is C18H16BrN5O3S. The summed E-state index contributed by atoms with van der Waals surface area (Å²) >= 11 is 4.92. The van der Waals surface area contributed by atoms with Gasteiger partial charge in [0.15, 0.2) is 15.9 Å². The molecular weight excluding hydrogens is 446 g/mol. The smallest absolute Gasteiger partial charge is 0.332 e. The van der Waals surface area contributed by atoms with Gasteiger partial charge in [0.05, 0.1) is 19.3 Å². The molecule has 0 fully saturated rings. The van der Waals surface area contributed by atoms with Crippen LogP contribution in [0.2, 0.25) is 0 Å². The van der Waals surface area contributed by atoms with E-state index in [2.05, 4.69) is 20.9 Å². The maximum absolute atomic E-state index is 12.4. The first kappa shape index (κ1) is 18.6. The van der Waals surface area contributed by atoms with Crippen LogP contribution >= 0.6 is 27.3 Å². The van der Waals surface area contributed by atoms with Crippen LogP contribution < -0.4 is 16.0 Å². The van der Waals surface area contributed by atoms with E-state index in [1.165, 1.54) is 23.0 Å². The predicted octanol–water partition coefficient (Wildman–Crippen LogP) is 2.38. The first-order chi connectivity index (χ1) is 13.4. The summed E-state index contributed by atoms with van der Waals surface area (Å²) in [5.41, 5.74) is 1.63. The molecule has 0 amide bonds. The highest BCUT2D eigenvalue weighted by atomic mass is 79.9. The van der Waals surface area contributed by atoms with Crippen LogP contribution in [0.1, 0.15) is 5.69 Å². The fraction of sp³-hybridized carbons (Fsp3) is 0.222. The molecule has 0 saturated carbocycles. The molecule has 0 radical (unpaired) electrons. The van der Waals surface area contributed by atoms with Crippen LogP contribution in [-0.4, -0.2) is 30.8 Å². The highest BCUT2D eigenvalue weighted by Crippen LogP contribution is 2.28. The van der Waals surface area contributed by atoms with Crippen molar-refractivity contribution >= 4 is 38.4 Å². The highest BCUT2D eigenvalue weighted by molar-refractivity contribution is 9.10. The Balaban J connectivity index is 1.78. The van der Waals surface area contributed by atoms with E-state index < -0.39 is 11.2 Å². The van der Waals surface area contributed by atoms with Crippen molar-refractivity contribution < 1.29 is 4.74 Å². The number of aryl methyl sites for hydroxylation is 1. The van der Waals surface area contributed by atoms with Crippen LogP contribution in [0.5, 0.6) is 5.75 Å². The summed E-state index contributed by atoms with van der Waals surface area (Å²) in [6.45, 7) is 0.373. The normalized spacial score (nSPS) is 11.3. The third kappa shape index (κ3) is 2.98. The average Bonchev–Trinajstić information content (AvgIpc) is 3.30. The molecule has 0 aliphatic heterocycles. The first-order valence-corrected chi connectivity index (χ1v) is 9.98. The highest BCUT2D eigenvalue weighted by Gasteiger charge is 2.18. The van der Waals surface area contributed by atoms with Gasteiger partial charge in [-0.05, 0) is 28.1 Å². The third-order valence-electron chi connectivity index (χ3n) is 4.48. The number of aromatic nitrogens is 5. The van der Waals surface area contributed by atoms with Crippen LogP contribution in [0.15, 0.2) is 44.0 Å². The van der Waals surface area contributed by atoms with Gasteiger partial charge in [0, 0.05) is 25.0 Å². The molecule has 0 aliphatic carbocycles. The quantitative estimate of drug-likeness (QED) is 0.435. The predicted molar refractivity (Wildman–Crippen MR) is 111 cm³/mol. The fourth-order valence-corrected chi connectivity index (χ4v) is 4.31. The van der Waals surface area contributed by atoms with E-state index in [-0.39, 0.29) is 5.52 Å². The van der Waals surface area contributed by atoms with Crippen molar-refractivity contribution in [2.24, 2.45) is 14.1 Å². The molecule has 10 heteroatoms. The number of rotatable bonds is 4. The van der Waals surface area contributed by atoms with E-state index >= 15 is 0 Å². The van der Waals surface area contributed by atoms with Gasteiger partial charge >= 0.3 is 5.69 Å². The van der Waals surface area contributed by atoms with Crippen molar-refractivity contribution in [1.29, 1.82) is 0 Å². The summed E-state index contributed by atoms with van der Waals surface area (Å²) in [6, 6.07) is 7.70. The molecule has 3 heterocycles. The number of methoxy groups -OCH3 is 1. The summed E-state index contributed by atoms with van der Waals surface area (Å²) < 4.78 is 9.98. The molecule has 0 aliphatic rings. The minimum atomic E-state index is -0.423. The maximum Gasteiger partial charge on any atom is 0.332 e. The summed E-state index contributed by atoms with van der Waals surface area (Å²) in [5.74, 6) is 0.767. The van der Waals surface area contributed by atoms with E-state index in [4.69, 9.17) is 9.72 Å². The summed E-state index contributed by atoms with van der Waals surface area (Å²) in [4.78, 5) is 33.7. The number of nitrogens with zero attached hydrogens (tertiary/aromatic N) is 5. The lowest BCUT2D eigenvalue weighted by Gasteiger charge is -2.08. The zero-order chi connectivity index (χ0) is 20.0. The van der Waals surface area contributed by atoms with Gasteiger partial charge in [-0.15, -0.1) is 11.3 Å². The van der Waals surface area contributed by atoms with Crippen LogP contribution in [-0.2, 0) is 20.6 Å². The zero-order valence-electron chi connectivity index (χ0n) is 15.3. The topological polar surface area (TPSA) is 83.9 Å². The lowest BCUT2D eigenvalue weighted by atomic mass is 10.2. The van der Waals surface area contributed by atoms with Crippen molar-refractivity contribution in [3.63, 3.8) is 0 Å². The van der Waals surface area contributed by atoms with Gasteiger partial charge in [0.1, 0.15) is 10.8 Å².